The summed E-state index contributed by atoms with van der Waals surface area (Å²) in [6.07, 6.45) is 2.69. The van der Waals surface area contributed by atoms with Crippen LogP contribution >= 0.6 is 0 Å². The molecule has 1 N–H and O–H groups in total. The minimum Gasteiger partial charge on any atom is -0.437 e. The van der Waals surface area contributed by atoms with Crippen LogP contribution in [0.15, 0.2) is 0 Å². The number of hydrogen-bond donors (Lipinski definition) is 1. The van der Waals surface area contributed by atoms with Gasteiger partial charge in [-0.05, 0) is 71.6 Å². The maximum Gasteiger partial charge on any atom is 0.478 e. The molecule has 5 nitrogen and oxygen atoms in total. The summed E-state index contributed by atoms with van der Waals surface area (Å²) in [5.74, 6) is 0. The molecule has 0 aromatic heterocycles. The highest BCUT2D eigenvalue weighted by molar-refractivity contribution is 6.87. The molecule has 0 aliphatic rings. The molecule has 0 rings (SSSR count). The van der Waals surface area contributed by atoms with Gasteiger partial charge in [-0.25, -0.2) is 0 Å². The molecule has 1 unspecified atom stereocenters. The molecule has 0 aliphatic carbocycles. The maximum absolute atomic E-state index is 8.86. The van der Waals surface area contributed by atoms with Crippen molar-refractivity contribution in [1.82, 2.24) is 0 Å². The summed E-state index contributed by atoms with van der Waals surface area (Å²) in [6, 6.07) is 0. The highest BCUT2D eigenvalue weighted by Crippen LogP contribution is 2.25. The largest absolute Gasteiger partial charge is 0.478 e. The van der Waals surface area contributed by atoms with Gasteiger partial charge in [-0.15, -0.1) is 0 Å². The van der Waals surface area contributed by atoms with Gasteiger partial charge in [-0.3, -0.25) is 0 Å². The molecule has 0 amide bonds. The van der Waals surface area contributed by atoms with Gasteiger partial charge in [0.25, 0.3) is 0 Å². The third-order valence-electron chi connectivity index (χ3n) is 2.64. The zero-order valence-corrected chi connectivity index (χ0v) is 20.6. The molecular weight excluding hydrogens is 360 g/mol. The lowest BCUT2D eigenvalue weighted by Crippen LogP contribution is -2.58. The molecule has 0 aliphatic heterocycles. The van der Waals surface area contributed by atoms with Crippen molar-refractivity contribution in [3.8, 4) is 0 Å². The highest BCUT2D eigenvalue weighted by atomic mass is 28.5. The van der Waals surface area contributed by atoms with Crippen LogP contribution in [0, 0.1) is 0 Å². The Labute approximate surface area is 147 Å². The fraction of sp³-hybridized carbons (Fsp3) is 1.00. The van der Waals surface area contributed by atoms with E-state index in [0.29, 0.717) is 6.61 Å². The topological polar surface area (TPSA) is 57.2 Å². The van der Waals surface area contributed by atoms with Gasteiger partial charge >= 0.3 is 17.4 Å². The van der Waals surface area contributed by atoms with E-state index in [1.165, 1.54) is 0 Å². The average Bonchev–Trinajstić information content (AvgIpc) is 2.20. The van der Waals surface area contributed by atoms with Gasteiger partial charge in [0.15, 0.2) is 16.6 Å². The molecule has 0 saturated carbocycles. The Balaban J connectivity index is 4.84. The van der Waals surface area contributed by atoms with Gasteiger partial charge in [0.2, 0.25) is 0 Å². The van der Waals surface area contributed by atoms with Crippen molar-refractivity contribution in [3.63, 3.8) is 0 Å². The number of aliphatic hydroxyl groups is 1. The van der Waals surface area contributed by atoms with Crippen LogP contribution in [0.2, 0.25) is 58.9 Å². The molecule has 0 fully saturated rings. The minimum absolute atomic E-state index is 0.237. The van der Waals surface area contributed by atoms with E-state index >= 15 is 0 Å². The van der Waals surface area contributed by atoms with Crippen LogP contribution in [-0.2, 0) is 16.8 Å². The SMILES string of the molecule is C[Si](C)(C)O[Si](C)(C)O[Si](C)(OCCCCCO)O[Si](C)(C)C. The summed E-state index contributed by atoms with van der Waals surface area (Å²) in [6.45, 7) is 20.0. The molecule has 0 aromatic rings. The lowest BCUT2D eigenvalue weighted by molar-refractivity contribution is 0.151. The Morgan fingerprint density at radius 2 is 1.17 bits per heavy atom. The van der Waals surface area contributed by atoms with Crippen molar-refractivity contribution in [3.05, 3.63) is 0 Å². The number of rotatable bonds is 12. The third-order valence-corrected chi connectivity index (χ3v) is 15.2. The molecule has 23 heavy (non-hydrogen) atoms. The Morgan fingerprint density at radius 3 is 1.61 bits per heavy atom. The first kappa shape index (κ1) is 23.7. The lowest BCUT2D eigenvalue weighted by atomic mass is 10.2. The molecule has 0 aromatic carbocycles. The predicted octanol–water partition coefficient (Wildman–Crippen LogP) is 4.16. The van der Waals surface area contributed by atoms with Crippen LogP contribution in [0.25, 0.3) is 0 Å². The second-order valence-corrected chi connectivity index (χ2v) is 24.1. The maximum atomic E-state index is 8.86. The smallest absolute Gasteiger partial charge is 0.437 e. The first-order valence-electron chi connectivity index (χ1n) is 8.53. The molecule has 9 heteroatoms. The van der Waals surface area contributed by atoms with Gasteiger partial charge in [-0.2, -0.15) is 0 Å². The summed E-state index contributed by atoms with van der Waals surface area (Å²) in [7, 11) is -8.46. The number of unbranched alkanes of at least 4 members (excludes halogenated alkanes) is 2. The number of hydrogen-bond acceptors (Lipinski definition) is 5. The average molecular weight is 399 g/mol. The van der Waals surface area contributed by atoms with E-state index in [0.717, 1.165) is 19.3 Å². The fourth-order valence-corrected chi connectivity index (χ4v) is 18.5. The fourth-order valence-electron chi connectivity index (χ4n) is 2.49. The summed E-state index contributed by atoms with van der Waals surface area (Å²) in [5, 5.41) is 8.86. The van der Waals surface area contributed by atoms with Crippen LogP contribution in [0.5, 0.6) is 0 Å². The van der Waals surface area contributed by atoms with E-state index in [-0.39, 0.29) is 6.61 Å². The Bertz CT molecular complexity index is 341. The van der Waals surface area contributed by atoms with E-state index in [4.69, 9.17) is 21.9 Å². The molecule has 0 bridgehead atoms. The van der Waals surface area contributed by atoms with Crippen LogP contribution in [0.4, 0.5) is 0 Å². The Morgan fingerprint density at radius 1 is 0.652 bits per heavy atom. The van der Waals surface area contributed by atoms with E-state index in [1.807, 2.05) is 6.55 Å². The van der Waals surface area contributed by atoms with E-state index in [2.05, 4.69) is 52.4 Å². The van der Waals surface area contributed by atoms with Crippen LogP contribution in [0.1, 0.15) is 19.3 Å². The molecule has 1 atom stereocenters. The molecule has 140 valence electrons. The van der Waals surface area contributed by atoms with Crippen molar-refractivity contribution < 1.29 is 21.9 Å². The molecular formula is C14H38O5Si4. The Hall–Kier alpha value is 0.668. The summed E-state index contributed by atoms with van der Waals surface area (Å²) in [5.41, 5.74) is 0. The molecule has 0 radical (unpaired) electrons. The monoisotopic (exact) mass is 398 g/mol. The zero-order valence-electron chi connectivity index (χ0n) is 16.6. The van der Waals surface area contributed by atoms with Crippen molar-refractivity contribution in [2.24, 2.45) is 0 Å². The summed E-state index contributed by atoms with van der Waals surface area (Å²) < 4.78 is 25.2. The van der Waals surface area contributed by atoms with Crippen molar-refractivity contribution in [1.29, 1.82) is 0 Å². The second kappa shape index (κ2) is 9.39. The normalized spacial score (nSPS) is 16.4. The third kappa shape index (κ3) is 13.6. The van der Waals surface area contributed by atoms with Gasteiger partial charge < -0.3 is 21.9 Å². The summed E-state index contributed by atoms with van der Waals surface area (Å²) in [4.78, 5) is 0. The Kier molecular flexibility index (Phi) is 9.66. The van der Waals surface area contributed by atoms with Crippen LogP contribution in [0.3, 0.4) is 0 Å². The van der Waals surface area contributed by atoms with Crippen molar-refractivity contribution in [2.45, 2.75) is 78.2 Å². The standard InChI is InChI=1S/C14H38O5Si4/c1-20(2,3)17-22(7,8)19-23(9,18-21(4,5)6)16-14-12-10-11-13-15/h15H,10-14H2,1-9H3. The molecule has 0 spiro atoms. The first-order chi connectivity index (χ1) is 10.2. The zero-order chi connectivity index (χ0) is 18.4. The quantitative estimate of drug-likeness (QED) is 0.395. The lowest BCUT2D eigenvalue weighted by Gasteiger charge is -2.40. The van der Waals surface area contributed by atoms with Gasteiger partial charge in [-0.1, -0.05) is 0 Å². The number of aliphatic hydroxyl groups excluding tert-OH is 1. The first-order valence-corrected chi connectivity index (χ1v) is 20.4. The van der Waals surface area contributed by atoms with Gasteiger partial charge in [0.05, 0.1) is 0 Å². The van der Waals surface area contributed by atoms with Crippen LogP contribution in [-0.4, -0.2) is 52.3 Å². The van der Waals surface area contributed by atoms with E-state index < -0.39 is 34.0 Å². The summed E-state index contributed by atoms with van der Waals surface area (Å²) >= 11 is 0. The molecule has 0 saturated heterocycles. The van der Waals surface area contributed by atoms with Crippen molar-refractivity contribution in [2.75, 3.05) is 13.2 Å². The van der Waals surface area contributed by atoms with E-state index in [1.54, 1.807) is 0 Å². The highest BCUT2D eigenvalue weighted by Gasteiger charge is 2.46. The van der Waals surface area contributed by atoms with E-state index in [9.17, 15) is 0 Å². The minimum atomic E-state index is -2.72. The molecule has 0 heterocycles. The van der Waals surface area contributed by atoms with Gasteiger partial charge in [0.1, 0.15) is 0 Å². The van der Waals surface area contributed by atoms with Crippen molar-refractivity contribution >= 4 is 34.0 Å². The van der Waals surface area contributed by atoms with Crippen LogP contribution < -0.4 is 0 Å². The predicted molar refractivity (Wildman–Crippen MR) is 106 cm³/mol. The van der Waals surface area contributed by atoms with Gasteiger partial charge in [0, 0.05) is 19.8 Å². The second-order valence-electron chi connectivity index (χ2n) is 8.43.